The van der Waals surface area contributed by atoms with E-state index in [1.54, 1.807) is 0 Å². The fourth-order valence-corrected chi connectivity index (χ4v) is 3.58. The smallest absolute Gasteiger partial charge is 0.241 e. The van der Waals surface area contributed by atoms with Gasteiger partial charge < -0.3 is 5.32 Å². The van der Waals surface area contributed by atoms with Crippen molar-refractivity contribution in [3.05, 3.63) is 29.8 Å². The molecule has 2 heterocycles. The van der Waals surface area contributed by atoms with E-state index in [9.17, 15) is 14.4 Å². The van der Waals surface area contributed by atoms with Gasteiger partial charge in [-0.25, -0.2) is 0 Å². The van der Waals surface area contributed by atoms with Crippen LogP contribution in [0.3, 0.4) is 0 Å². The van der Waals surface area contributed by atoms with E-state index < -0.39 is 0 Å². The highest BCUT2D eigenvalue weighted by atomic mass is 16.2. The molecule has 2 aliphatic rings. The lowest BCUT2D eigenvalue weighted by molar-refractivity contribution is -0.139. The normalized spacial score (nSPS) is 21.2. The first-order chi connectivity index (χ1) is 12.1. The molecule has 0 bridgehead atoms. The fourth-order valence-electron chi connectivity index (χ4n) is 3.58. The Labute approximate surface area is 148 Å². The van der Waals surface area contributed by atoms with E-state index in [1.807, 2.05) is 24.3 Å². The van der Waals surface area contributed by atoms with Gasteiger partial charge in [0.25, 0.3) is 0 Å². The van der Waals surface area contributed by atoms with Crippen molar-refractivity contribution in [2.75, 3.05) is 18.4 Å². The Kier molecular flexibility index (Phi) is 5.48. The maximum absolute atomic E-state index is 12.5. The van der Waals surface area contributed by atoms with E-state index in [0.29, 0.717) is 19.4 Å². The molecule has 134 valence electrons. The van der Waals surface area contributed by atoms with E-state index in [4.69, 9.17) is 0 Å². The van der Waals surface area contributed by atoms with E-state index in [0.717, 1.165) is 43.6 Å². The number of amides is 3. The van der Waals surface area contributed by atoms with Gasteiger partial charge in [-0.05, 0) is 50.0 Å². The minimum atomic E-state index is -0.111. The third-order valence-electron chi connectivity index (χ3n) is 4.89. The zero-order valence-corrected chi connectivity index (χ0v) is 14.7. The van der Waals surface area contributed by atoms with Crippen molar-refractivity contribution in [1.82, 2.24) is 9.80 Å². The van der Waals surface area contributed by atoms with E-state index in [2.05, 4.69) is 17.1 Å². The van der Waals surface area contributed by atoms with Gasteiger partial charge in [0.1, 0.15) is 0 Å². The van der Waals surface area contributed by atoms with E-state index in [-0.39, 0.29) is 23.8 Å². The SMILES string of the molecule is CCCN1CCC[C@H]1C(=O)Nc1ccc(CN2C(=O)CCC2=O)cc1. The second kappa shape index (κ2) is 7.78. The average Bonchev–Trinajstić information content (AvgIpc) is 3.19. The van der Waals surface area contributed by atoms with Crippen LogP contribution in [0.2, 0.25) is 0 Å². The summed E-state index contributed by atoms with van der Waals surface area (Å²) in [7, 11) is 0. The average molecular weight is 343 g/mol. The summed E-state index contributed by atoms with van der Waals surface area (Å²) in [6, 6.07) is 7.33. The lowest BCUT2D eigenvalue weighted by Crippen LogP contribution is -2.39. The van der Waals surface area contributed by atoms with Gasteiger partial charge in [-0.15, -0.1) is 0 Å². The Hall–Kier alpha value is -2.21. The Morgan fingerprint density at radius 2 is 1.84 bits per heavy atom. The van der Waals surface area contributed by atoms with Crippen LogP contribution in [0.5, 0.6) is 0 Å². The largest absolute Gasteiger partial charge is 0.325 e. The number of nitrogens with zero attached hydrogens (tertiary/aromatic N) is 2. The predicted molar refractivity (Wildman–Crippen MR) is 94.7 cm³/mol. The van der Waals surface area contributed by atoms with Gasteiger partial charge >= 0.3 is 0 Å². The number of carbonyl (C=O) groups excluding carboxylic acids is 3. The van der Waals surface area contributed by atoms with Gasteiger partial charge in [0.05, 0.1) is 12.6 Å². The highest BCUT2D eigenvalue weighted by molar-refractivity contribution is 6.01. The number of likely N-dealkylation sites (tertiary alicyclic amines) is 2. The molecular formula is C19H25N3O3. The molecule has 1 atom stereocenters. The molecule has 0 spiro atoms. The summed E-state index contributed by atoms with van der Waals surface area (Å²) >= 11 is 0. The molecule has 1 aromatic carbocycles. The van der Waals surface area contributed by atoms with Gasteiger partial charge in [0.15, 0.2) is 0 Å². The van der Waals surface area contributed by atoms with Crippen LogP contribution >= 0.6 is 0 Å². The second-order valence-electron chi connectivity index (χ2n) is 6.75. The van der Waals surface area contributed by atoms with Crippen molar-refractivity contribution in [2.24, 2.45) is 0 Å². The van der Waals surface area contributed by atoms with Crippen LogP contribution in [-0.4, -0.2) is 46.7 Å². The molecule has 0 aromatic heterocycles. The van der Waals surface area contributed by atoms with Gasteiger partial charge in [0.2, 0.25) is 17.7 Å². The molecule has 3 amide bonds. The summed E-state index contributed by atoms with van der Waals surface area (Å²) in [5.41, 5.74) is 1.63. The van der Waals surface area contributed by atoms with Gasteiger partial charge in [-0.2, -0.15) is 0 Å². The van der Waals surface area contributed by atoms with E-state index in [1.165, 1.54) is 4.90 Å². The molecular weight excluding hydrogens is 318 g/mol. The van der Waals surface area contributed by atoms with Crippen LogP contribution in [0.1, 0.15) is 44.6 Å². The summed E-state index contributed by atoms with van der Waals surface area (Å²) in [6.45, 7) is 4.37. The van der Waals surface area contributed by atoms with Crippen LogP contribution in [-0.2, 0) is 20.9 Å². The van der Waals surface area contributed by atoms with Crippen molar-refractivity contribution in [1.29, 1.82) is 0 Å². The molecule has 0 unspecified atom stereocenters. The van der Waals surface area contributed by atoms with Crippen molar-refractivity contribution in [3.63, 3.8) is 0 Å². The number of imide groups is 1. The summed E-state index contributed by atoms with van der Waals surface area (Å²) in [6.07, 6.45) is 3.63. The lowest BCUT2D eigenvalue weighted by atomic mass is 10.1. The molecule has 1 N–H and O–H groups in total. The van der Waals surface area contributed by atoms with E-state index >= 15 is 0 Å². The minimum Gasteiger partial charge on any atom is -0.325 e. The zero-order chi connectivity index (χ0) is 17.8. The molecule has 3 rings (SSSR count). The second-order valence-corrected chi connectivity index (χ2v) is 6.75. The molecule has 2 aliphatic heterocycles. The van der Waals surface area contributed by atoms with Crippen LogP contribution < -0.4 is 5.32 Å². The molecule has 2 fully saturated rings. The van der Waals surface area contributed by atoms with Crippen molar-refractivity contribution in [2.45, 2.75) is 51.6 Å². The first-order valence-electron chi connectivity index (χ1n) is 9.05. The first kappa shape index (κ1) is 17.6. The number of rotatable bonds is 6. The molecule has 2 saturated heterocycles. The van der Waals surface area contributed by atoms with Crippen molar-refractivity contribution < 1.29 is 14.4 Å². The Morgan fingerprint density at radius 1 is 1.16 bits per heavy atom. The maximum atomic E-state index is 12.5. The van der Waals surface area contributed by atoms with Gasteiger partial charge in [-0.3, -0.25) is 24.2 Å². The molecule has 6 nitrogen and oxygen atoms in total. The van der Waals surface area contributed by atoms with Crippen LogP contribution in [0.4, 0.5) is 5.69 Å². The maximum Gasteiger partial charge on any atom is 0.241 e. The highest BCUT2D eigenvalue weighted by Crippen LogP contribution is 2.21. The molecule has 0 aliphatic carbocycles. The number of hydrogen-bond acceptors (Lipinski definition) is 4. The zero-order valence-electron chi connectivity index (χ0n) is 14.7. The minimum absolute atomic E-state index is 0.0422. The number of benzene rings is 1. The Bertz CT molecular complexity index is 640. The summed E-state index contributed by atoms with van der Waals surface area (Å²) in [5, 5.41) is 2.98. The molecule has 0 radical (unpaired) electrons. The van der Waals surface area contributed by atoms with Crippen LogP contribution in [0.15, 0.2) is 24.3 Å². The summed E-state index contributed by atoms with van der Waals surface area (Å²) in [5.74, 6) is -0.178. The third-order valence-corrected chi connectivity index (χ3v) is 4.89. The molecule has 0 saturated carbocycles. The monoisotopic (exact) mass is 343 g/mol. The Morgan fingerprint density at radius 3 is 2.48 bits per heavy atom. The van der Waals surface area contributed by atoms with Gasteiger partial charge in [0, 0.05) is 18.5 Å². The quantitative estimate of drug-likeness (QED) is 0.804. The van der Waals surface area contributed by atoms with Crippen molar-refractivity contribution in [3.8, 4) is 0 Å². The molecule has 6 heteroatoms. The number of nitrogens with one attached hydrogen (secondary N) is 1. The predicted octanol–water partition coefficient (Wildman–Crippen LogP) is 2.15. The summed E-state index contributed by atoms with van der Waals surface area (Å²) < 4.78 is 0. The fraction of sp³-hybridized carbons (Fsp3) is 0.526. The highest BCUT2D eigenvalue weighted by Gasteiger charge is 2.30. The molecule has 25 heavy (non-hydrogen) atoms. The van der Waals surface area contributed by atoms with Crippen LogP contribution in [0.25, 0.3) is 0 Å². The number of anilines is 1. The third kappa shape index (κ3) is 4.07. The number of hydrogen-bond donors (Lipinski definition) is 1. The van der Waals surface area contributed by atoms with Gasteiger partial charge in [-0.1, -0.05) is 19.1 Å². The topological polar surface area (TPSA) is 69.7 Å². The lowest BCUT2D eigenvalue weighted by Gasteiger charge is -2.23. The first-order valence-corrected chi connectivity index (χ1v) is 9.05. The Balaban J connectivity index is 1.58. The molecule has 1 aromatic rings. The summed E-state index contributed by atoms with van der Waals surface area (Å²) in [4.78, 5) is 39.4. The standard InChI is InChI=1S/C19H25N3O3/c1-2-11-21-12-3-4-16(21)19(25)20-15-7-5-14(6-8-15)13-22-17(23)9-10-18(22)24/h5-8,16H,2-4,9-13H2,1H3,(H,20,25)/t16-/m0/s1. The van der Waals surface area contributed by atoms with Crippen molar-refractivity contribution >= 4 is 23.4 Å². The van der Waals surface area contributed by atoms with Crippen LogP contribution in [0, 0.1) is 0 Å². The number of carbonyl (C=O) groups is 3.